The van der Waals surface area contributed by atoms with Crippen molar-refractivity contribution >= 4 is 17.0 Å². The van der Waals surface area contributed by atoms with Crippen LogP contribution in [0.5, 0.6) is 0 Å². The van der Waals surface area contributed by atoms with Crippen molar-refractivity contribution in [2.24, 2.45) is 0 Å². The summed E-state index contributed by atoms with van der Waals surface area (Å²) in [5.41, 5.74) is 1.74. The summed E-state index contributed by atoms with van der Waals surface area (Å²) in [6.45, 7) is 0.676. The average Bonchev–Trinajstić information content (AvgIpc) is 2.92. The van der Waals surface area contributed by atoms with E-state index in [0.29, 0.717) is 5.56 Å². The Hall–Kier alpha value is -2.27. The average molecular weight is 282 g/mol. The predicted molar refractivity (Wildman–Crippen MR) is 81.5 cm³/mol. The van der Waals surface area contributed by atoms with Crippen molar-refractivity contribution in [2.45, 2.75) is 6.54 Å². The maximum Gasteiger partial charge on any atom is 0.104 e. The molecule has 0 unspecified atom stereocenters. The van der Waals surface area contributed by atoms with E-state index in [1.165, 1.54) is 4.88 Å². The minimum Gasteiger partial charge on any atom is -0.384 e. The molecule has 20 heavy (non-hydrogen) atoms. The molecule has 2 rings (SSSR count). The standard InChI is InChI=1S/C16H14N2OS/c1-18(14-6-4-13(11-17)5-7-14)12-16-9-8-15(20-16)3-2-10-19/h4-9,19H,10,12H2,1H3. The van der Waals surface area contributed by atoms with Gasteiger partial charge in [-0.1, -0.05) is 11.8 Å². The van der Waals surface area contributed by atoms with Gasteiger partial charge in [0, 0.05) is 17.6 Å². The van der Waals surface area contributed by atoms with Crippen LogP contribution in [0.3, 0.4) is 0 Å². The molecular weight excluding hydrogens is 268 g/mol. The number of nitrogens with zero attached hydrogens (tertiary/aromatic N) is 2. The Morgan fingerprint density at radius 3 is 2.60 bits per heavy atom. The van der Waals surface area contributed by atoms with Gasteiger partial charge in [0.2, 0.25) is 0 Å². The summed E-state index contributed by atoms with van der Waals surface area (Å²) in [6, 6.07) is 13.7. The molecule has 1 heterocycles. The molecule has 4 heteroatoms. The third kappa shape index (κ3) is 3.61. The number of aliphatic hydroxyl groups excluding tert-OH is 1. The zero-order valence-electron chi connectivity index (χ0n) is 11.1. The molecule has 0 saturated carbocycles. The highest BCUT2D eigenvalue weighted by molar-refractivity contribution is 7.12. The predicted octanol–water partition coefficient (Wildman–Crippen LogP) is 2.60. The number of hydrogen-bond donors (Lipinski definition) is 1. The van der Waals surface area contributed by atoms with Crippen molar-refractivity contribution < 1.29 is 5.11 Å². The van der Waals surface area contributed by atoms with Crippen molar-refractivity contribution in [3.63, 3.8) is 0 Å². The van der Waals surface area contributed by atoms with Crippen molar-refractivity contribution in [3.05, 3.63) is 51.7 Å². The Kier molecular flexibility index (Phi) is 4.79. The largest absolute Gasteiger partial charge is 0.384 e. The molecular formula is C16H14N2OS. The lowest BCUT2D eigenvalue weighted by molar-refractivity contribution is 0.350. The zero-order valence-corrected chi connectivity index (χ0v) is 11.9. The van der Waals surface area contributed by atoms with E-state index in [1.54, 1.807) is 11.3 Å². The SMILES string of the molecule is CN(Cc1ccc(C#CCO)s1)c1ccc(C#N)cc1. The quantitative estimate of drug-likeness (QED) is 0.880. The molecule has 0 spiro atoms. The minimum absolute atomic E-state index is 0.113. The van der Waals surface area contributed by atoms with Gasteiger partial charge < -0.3 is 10.0 Å². The molecule has 0 aliphatic carbocycles. The summed E-state index contributed by atoms with van der Waals surface area (Å²) >= 11 is 1.62. The third-order valence-electron chi connectivity index (χ3n) is 2.78. The molecule has 1 aromatic heterocycles. The second-order valence-corrected chi connectivity index (χ2v) is 5.41. The zero-order chi connectivity index (χ0) is 14.4. The molecule has 100 valence electrons. The first-order chi connectivity index (χ1) is 9.72. The number of thiophene rings is 1. The van der Waals surface area contributed by atoms with E-state index >= 15 is 0 Å². The molecule has 1 aromatic carbocycles. The molecule has 0 bridgehead atoms. The van der Waals surface area contributed by atoms with Crippen LogP contribution >= 0.6 is 11.3 Å². The highest BCUT2D eigenvalue weighted by Gasteiger charge is 2.04. The van der Waals surface area contributed by atoms with Crippen LogP contribution in [0.1, 0.15) is 15.3 Å². The first-order valence-electron chi connectivity index (χ1n) is 6.12. The Morgan fingerprint density at radius 1 is 1.20 bits per heavy atom. The van der Waals surface area contributed by atoms with Crippen LogP contribution < -0.4 is 4.90 Å². The van der Waals surface area contributed by atoms with Crippen LogP contribution in [-0.2, 0) is 6.54 Å². The molecule has 0 saturated heterocycles. The topological polar surface area (TPSA) is 47.3 Å². The van der Waals surface area contributed by atoms with Gasteiger partial charge in [-0.25, -0.2) is 0 Å². The van der Waals surface area contributed by atoms with E-state index in [9.17, 15) is 0 Å². The minimum atomic E-state index is -0.113. The van der Waals surface area contributed by atoms with Crippen LogP contribution in [0.2, 0.25) is 0 Å². The number of nitriles is 1. The van der Waals surface area contributed by atoms with Crippen molar-refractivity contribution in [1.29, 1.82) is 5.26 Å². The Balaban J connectivity index is 2.05. The molecule has 0 atom stereocenters. The highest BCUT2D eigenvalue weighted by Crippen LogP contribution is 2.21. The lowest BCUT2D eigenvalue weighted by Gasteiger charge is -2.18. The maximum atomic E-state index is 8.78. The summed E-state index contributed by atoms with van der Waals surface area (Å²) in [7, 11) is 2.01. The second-order valence-electron chi connectivity index (χ2n) is 4.24. The molecule has 1 N–H and O–H groups in total. The number of rotatable bonds is 3. The highest BCUT2D eigenvalue weighted by atomic mass is 32.1. The Bertz CT molecular complexity index is 671. The van der Waals surface area contributed by atoms with Gasteiger partial charge in [-0.3, -0.25) is 0 Å². The van der Waals surface area contributed by atoms with E-state index < -0.39 is 0 Å². The molecule has 0 radical (unpaired) electrons. The second kappa shape index (κ2) is 6.77. The summed E-state index contributed by atoms with van der Waals surface area (Å²) in [5, 5.41) is 17.5. The van der Waals surface area contributed by atoms with Gasteiger partial charge in [-0.15, -0.1) is 11.3 Å². The number of benzene rings is 1. The van der Waals surface area contributed by atoms with Gasteiger partial charge in [0.25, 0.3) is 0 Å². The fourth-order valence-electron chi connectivity index (χ4n) is 1.77. The smallest absolute Gasteiger partial charge is 0.104 e. The van der Waals surface area contributed by atoms with Gasteiger partial charge >= 0.3 is 0 Å². The summed E-state index contributed by atoms with van der Waals surface area (Å²) in [6.07, 6.45) is 0. The molecule has 2 aromatic rings. The van der Waals surface area contributed by atoms with Crippen molar-refractivity contribution in [3.8, 4) is 17.9 Å². The van der Waals surface area contributed by atoms with Gasteiger partial charge in [0.1, 0.15) is 6.61 Å². The van der Waals surface area contributed by atoms with Crippen molar-refractivity contribution in [2.75, 3.05) is 18.6 Å². The van der Waals surface area contributed by atoms with Gasteiger partial charge in [0.15, 0.2) is 0 Å². The van der Waals surface area contributed by atoms with E-state index in [1.807, 2.05) is 43.4 Å². The lowest BCUT2D eigenvalue weighted by Crippen LogP contribution is -2.15. The summed E-state index contributed by atoms with van der Waals surface area (Å²) in [4.78, 5) is 4.29. The lowest BCUT2D eigenvalue weighted by atomic mass is 10.2. The van der Waals surface area contributed by atoms with Crippen LogP contribution in [0.15, 0.2) is 36.4 Å². The number of aliphatic hydroxyl groups is 1. The molecule has 0 amide bonds. The van der Waals surface area contributed by atoms with Gasteiger partial charge in [-0.2, -0.15) is 5.26 Å². The summed E-state index contributed by atoms with van der Waals surface area (Å²) in [5.74, 6) is 5.55. The van der Waals surface area contributed by atoms with E-state index in [0.717, 1.165) is 17.1 Å². The van der Waals surface area contributed by atoms with Crippen LogP contribution in [0, 0.1) is 23.2 Å². The van der Waals surface area contributed by atoms with E-state index in [-0.39, 0.29) is 6.61 Å². The van der Waals surface area contributed by atoms with Crippen molar-refractivity contribution in [1.82, 2.24) is 0 Å². The van der Waals surface area contributed by atoms with Gasteiger partial charge in [-0.05, 0) is 36.4 Å². The molecule has 0 aliphatic rings. The van der Waals surface area contributed by atoms with Gasteiger partial charge in [0.05, 0.1) is 23.1 Å². The molecule has 0 aliphatic heterocycles. The van der Waals surface area contributed by atoms with Crippen LogP contribution in [0.4, 0.5) is 5.69 Å². The maximum absolute atomic E-state index is 8.78. The summed E-state index contributed by atoms with van der Waals surface area (Å²) < 4.78 is 0. The van der Waals surface area contributed by atoms with Crippen LogP contribution in [0.25, 0.3) is 0 Å². The van der Waals surface area contributed by atoms with E-state index in [2.05, 4.69) is 22.8 Å². The third-order valence-corrected chi connectivity index (χ3v) is 3.77. The normalized spacial score (nSPS) is 9.45. The first-order valence-corrected chi connectivity index (χ1v) is 6.94. The first kappa shape index (κ1) is 14.1. The monoisotopic (exact) mass is 282 g/mol. The number of hydrogen-bond acceptors (Lipinski definition) is 4. The molecule has 3 nitrogen and oxygen atoms in total. The Morgan fingerprint density at radius 2 is 1.95 bits per heavy atom. The molecule has 0 fully saturated rings. The van der Waals surface area contributed by atoms with Crippen LogP contribution in [-0.4, -0.2) is 18.8 Å². The van der Waals surface area contributed by atoms with E-state index in [4.69, 9.17) is 10.4 Å². The number of anilines is 1. The fraction of sp³-hybridized carbons (Fsp3) is 0.188. The fourth-order valence-corrected chi connectivity index (χ4v) is 2.71. The Labute approximate surface area is 122 Å².